The second-order valence-corrected chi connectivity index (χ2v) is 9.22. The van der Waals surface area contributed by atoms with Gasteiger partial charge < -0.3 is 24.8 Å². The van der Waals surface area contributed by atoms with Gasteiger partial charge in [0, 0.05) is 81.0 Å². The monoisotopic (exact) mass is 525 g/mol. The van der Waals surface area contributed by atoms with E-state index >= 15 is 0 Å². The minimum Gasteiger partial charge on any atom is -0.383 e. The third-order valence-corrected chi connectivity index (χ3v) is 6.69. The molecule has 0 unspecified atom stereocenters. The molecule has 3 heterocycles. The molecule has 1 fully saturated rings. The molecule has 2 aromatic heterocycles. The van der Waals surface area contributed by atoms with Gasteiger partial charge in [-0.05, 0) is 48.5 Å². The van der Waals surface area contributed by atoms with Gasteiger partial charge in [-0.1, -0.05) is 12.6 Å². The van der Waals surface area contributed by atoms with Gasteiger partial charge in [-0.3, -0.25) is 14.5 Å². The molecule has 10 heteroatoms. The van der Waals surface area contributed by atoms with Crippen molar-refractivity contribution in [3.63, 3.8) is 0 Å². The standard InChI is InChI=1S/C29H31N7O3/c1-3-27(38)31-22-5-4-6-24(19-22)36-12-11-26(37)25-20-30-29(33-28(25)36)32-21-7-9-23(10-8-21)35-15-13-34(14-16-35)17-18-39-2/h3-12,19-20H,1,13-18H2,2H3,(H,31,38)(H,30,32,33). The van der Waals surface area contributed by atoms with Crippen LogP contribution in [-0.4, -0.2) is 71.8 Å². The number of hydrogen-bond donors (Lipinski definition) is 2. The first kappa shape index (κ1) is 26.1. The maximum atomic E-state index is 12.5. The number of carbonyl (C=O) groups excluding carboxylic acids is 1. The molecule has 1 saturated heterocycles. The van der Waals surface area contributed by atoms with E-state index < -0.39 is 0 Å². The van der Waals surface area contributed by atoms with Crippen LogP contribution in [0.1, 0.15) is 0 Å². The second kappa shape index (κ2) is 11.9. The minimum atomic E-state index is -0.305. The molecule has 0 aliphatic carbocycles. The Hall–Kier alpha value is -4.54. The normalized spacial score (nSPS) is 13.8. The van der Waals surface area contributed by atoms with Gasteiger partial charge in [0.15, 0.2) is 11.1 Å². The third kappa shape index (κ3) is 6.14. The average molecular weight is 526 g/mol. The summed E-state index contributed by atoms with van der Waals surface area (Å²) in [6.45, 7) is 9.18. The number of pyridine rings is 1. The lowest BCUT2D eigenvalue weighted by molar-refractivity contribution is -0.111. The molecule has 1 aliphatic rings. The number of nitrogens with one attached hydrogen (secondary N) is 2. The highest BCUT2D eigenvalue weighted by Gasteiger charge is 2.17. The van der Waals surface area contributed by atoms with Gasteiger partial charge >= 0.3 is 0 Å². The molecule has 10 nitrogen and oxygen atoms in total. The van der Waals surface area contributed by atoms with Crippen LogP contribution in [0.15, 0.2) is 84.4 Å². The van der Waals surface area contributed by atoms with Crippen molar-refractivity contribution in [2.45, 2.75) is 0 Å². The maximum Gasteiger partial charge on any atom is 0.247 e. The highest BCUT2D eigenvalue weighted by molar-refractivity contribution is 5.99. The fourth-order valence-corrected chi connectivity index (χ4v) is 4.56. The van der Waals surface area contributed by atoms with E-state index in [1.54, 1.807) is 30.0 Å². The molecule has 0 bridgehead atoms. The first-order valence-corrected chi connectivity index (χ1v) is 12.8. The summed E-state index contributed by atoms with van der Waals surface area (Å²) in [5.74, 6) is 0.0681. The predicted molar refractivity (Wildman–Crippen MR) is 154 cm³/mol. The van der Waals surface area contributed by atoms with Crippen LogP contribution >= 0.6 is 0 Å². The number of carbonyl (C=O) groups is 1. The van der Waals surface area contributed by atoms with Gasteiger partial charge in [0.1, 0.15) is 0 Å². The zero-order valence-electron chi connectivity index (χ0n) is 21.8. The number of aromatic nitrogens is 3. The zero-order valence-corrected chi connectivity index (χ0v) is 21.8. The van der Waals surface area contributed by atoms with Crippen molar-refractivity contribution >= 4 is 40.0 Å². The summed E-state index contributed by atoms with van der Waals surface area (Å²) in [6, 6.07) is 16.9. The molecule has 1 aliphatic heterocycles. The Morgan fingerprint density at radius 1 is 1.05 bits per heavy atom. The Morgan fingerprint density at radius 3 is 2.59 bits per heavy atom. The van der Waals surface area contributed by atoms with E-state index in [1.807, 2.05) is 24.3 Å². The lowest BCUT2D eigenvalue weighted by Gasteiger charge is -2.36. The van der Waals surface area contributed by atoms with Crippen molar-refractivity contribution in [2.75, 3.05) is 62.0 Å². The maximum absolute atomic E-state index is 12.5. The fraction of sp³-hybridized carbons (Fsp3) is 0.241. The fourth-order valence-electron chi connectivity index (χ4n) is 4.56. The molecule has 1 amide bonds. The third-order valence-electron chi connectivity index (χ3n) is 6.69. The number of fused-ring (bicyclic) bond motifs is 1. The number of amides is 1. The van der Waals surface area contributed by atoms with Crippen LogP contribution in [0, 0.1) is 0 Å². The highest BCUT2D eigenvalue weighted by Crippen LogP contribution is 2.23. The molecule has 200 valence electrons. The topological polar surface area (TPSA) is 105 Å². The Morgan fingerprint density at radius 2 is 1.85 bits per heavy atom. The van der Waals surface area contributed by atoms with E-state index in [0.29, 0.717) is 22.7 Å². The van der Waals surface area contributed by atoms with Crippen molar-refractivity contribution in [2.24, 2.45) is 0 Å². The summed E-state index contributed by atoms with van der Waals surface area (Å²) >= 11 is 0. The minimum absolute atomic E-state index is 0.171. The number of ether oxygens (including phenoxy) is 1. The molecular formula is C29H31N7O3. The molecule has 4 aromatic rings. The average Bonchev–Trinajstić information content (AvgIpc) is 2.97. The van der Waals surface area contributed by atoms with Crippen molar-refractivity contribution in [3.05, 3.63) is 89.9 Å². The summed E-state index contributed by atoms with van der Waals surface area (Å²) in [6.07, 6.45) is 4.41. The van der Waals surface area contributed by atoms with Gasteiger partial charge in [-0.2, -0.15) is 4.98 Å². The SMILES string of the molecule is C=CC(=O)Nc1cccc(-n2ccc(=O)c3cnc(Nc4ccc(N5CCN(CCOC)CC5)cc4)nc32)c1. The number of rotatable bonds is 9. The number of anilines is 4. The molecular weight excluding hydrogens is 494 g/mol. The summed E-state index contributed by atoms with van der Waals surface area (Å²) in [5.41, 5.74) is 3.64. The number of methoxy groups -OCH3 is 1. The molecule has 39 heavy (non-hydrogen) atoms. The van der Waals surface area contributed by atoms with Crippen LogP contribution in [0.3, 0.4) is 0 Å². The van der Waals surface area contributed by atoms with Crippen molar-refractivity contribution < 1.29 is 9.53 Å². The van der Waals surface area contributed by atoms with Gasteiger partial charge in [0.2, 0.25) is 11.9 Å². The lowest BCUT2D eigenvalue weighted by atomic mass is 10.2. The van der Waals surface area contributed by atoms with Crippen LogP contribution in [-0.2, 0) is 9.53 Å². The van der Waals surface area contributed by atoms with E-state index in [-0.39, 0.29) is 11.3 Å². The summed E-state index contributed by atoms with van der Waals surface area (Å²) < 4.78 is 6.99. The quantitative estimate of drug-likeness (QED) is 0.321. The lowest BCUT2D eigenvalue weighted by Crippen LogP contribution is -2.47. The zero-order chi connectivity index (χ0) is 27.2. The van der Waals surface area contributed by atoms with Gasteiger partial charge in [-0.25, -0.2) is 4.98 Å². The van der Waals surface area contributed by atoms with E-state index in [4.69, 9.17) is 4.74 Å². The van der Waals surface area contributed by atoms with E-state index in [2.05, 4.69) is 49.1 Å². The van der Waals surface area contributed by atoms with E-state index in [0.717, 1.165) is 50.7 Å². The Kier molecular flexibility index (Phi) is 7.95. The second-order valence-electron chi connectivity index (χ2n) is 9.22. The first-order chi connectivity index (χ1) is 19.0. The van der Waals surface area contributed by atoms with Crippen LogP contribution in [0.25, 0.3) is 16.7 Å². The molecule has 2 aromatic carbocycles. The molecule has 0 saturated carbocycles. The molecule has 0 spiro atoms. The number of benzene rings is 2. The summed E-state index contributed by atoms with van der Waals surface area (Å²) in [4.78, 5) is 38.1. The molecule has 2 N–H and O–H groups in total. The number of hydrogen-bond acceptors (Lipinski definition) is 8. The first-order valence-electron chi connectivity index (χ1n) is 12.8. The summed E-state index contributed by atoms with van der Waals surface area (Å²) in [7, 11) is 1.74. The van der Waals surface area contributed by atoms with Crippen molar-refractivity contribution in [1.82, 2.24) is 19.4 Å². The van der Waals surface area contributed by atoms with Crippen LogP contribution in [0.5, 0.6) is 0 Å². The van der Waals surface area contributed by atoms with Crippen LogP contribution in [0.2, 0.25) is 0 Å². The predicted octanol–water partition coefficient (Wildman–Crippen LogP) is 3.42. The van der Waals surface area contributed by atoms with Gasteiger partial charge in [0.25, 0.3) is 0 Å². The molecule has 0 radical (unpaired) electrons. The molecule has 0 atom stereocenters. The molecule has 5 rings (SSSR count). The van der Waals surface area contributed by atoms with Crippen molar-refractivity contribution in [3.8, 4) is 5.69 Å². The summed E-state index contributed by atoms with van der Waals surface area (Å²) in [5, 5.41) is 6.40. The highest BCUT2D eigenvalue weighted by atomic mass is 16.5. The van der Waals surface area contributed by atoms with Crippen LogP contribution < -0.4 is 21.0 Å². The van der Waals surface area contributed by atoms with Crippen LogP contribution in [0.4, 0.5) is 23.0 Å². The Bertz CT molecular complexity index is 1530. The smallest absolute Gasteiger partial charge is 0.247 e. The number of nitrogens with zero attached hydrogens (tertiary/aromatic N) is 5. The Labute approximate surface area is 226 Å². The van der Waals surface area contributed by atoms with Crippen molar-refractivity contribution in [1.29, 1.82) is 0 Å². The Balaban J connectivity index is 1.34. The van der Waals surface area contributed by atoms with E-state index in [1.165, 1.54) is 24.0 Å². The van der Waals surface area contributed by atoms with E-state index in [9.17, 15) is 9.59 Å². The largest absolute Gasteiger partial charge is 0.383 e. The number of piperazine rings is 1. The van der Waals surface area contributed by atoms with Gasteiger partial charge in [0.05, 0.1) is 12.0 Å². The van der Waals surface area contributed by atoms with Gasteiger partial charge in [-0.15, -0.1) is 0 Å².